The molecule has 0 saturated carbocycles. The first-order chi connectivity index (χ1) is 14.5. The number of aromatic nitrogens is 1. The number of hydrogen-bond donors (Lipinski definition) is 0. The van der Waals surface area contributed by atoms with E-state index in [0.717, 1.165) is 33.0 Å². The Balaban J connectivity index is 1.64. The van der Waals surface area contributed by atoms with Crippen molar-refractivity contribution in [3.05, 3.63) is 94.8 Å². The average Bonchev–Trinajstić information content (AvgIpc) is 3.07. The highest BCUT2D eigenvalue weighted by molar-refractivity contribution is 6.11. The van der Waals surface area contributed by atoms with Crippen molar-refractivity contribution in [3.63, 3.8) is 0 Å². The van der Waals surface area contributed by atoms with E-state index in [2.05, 4.69) is 24.3 Å². The largest absolute Gasteiger partial charge is 0.375 e. The third kappa shape index (κ3) is 2.85. The van der Waals surface area contributed by atoms with Crippen LogP contribution in [0.2, 0.25) is 0 Å². The minimum Gasteiger partial charge on any atom is -0.375 e. The lowest BCUT2D eigenvalue weighted by atomic mass is 9.94. The number of benzene rings is 4. The Morgan fingerprint density at radius 3 is 1.97 bits per heavy atom. The van der Waals surface area contributed by atoms with Crippen LogP contribution in [0.1, 0.15) is 17.3 Å². The zero-order valence-electron chi connectivity index (χ0n) is 16.7. The van der Waals surface area contributed by atoms with Crippen LogP contribution in [0.25, 0.3) is 44.0 Å². The average molecular weight is 393 g/mol. The van der Waals surface area contributed by atoms with Crippen LogP contribution in [0.5, 0.6) is 0 Å². The molecule has 0 spiro atoms. The first-order valence-electron chi connectivity index (χ1n) is 9.76. The van der Waals surface area contributed by atoms with Gasteiger partial charge in [-0.05, 0) is 40.6 Å². The van der Waals surface area contributed by atoms with Gasteiger partial charge >= 0.3 is 0 Å². The van der Waals surface area contributed by atoms with Gasteiger partial charge in [-0.25, -0.2) is 0 Å². The fourth-order valence-corrected chi connectivity index (χ4v) is 3.93. The predicted molar refractivity (Wildman–Crippen MR) is 120 cm³/mol. The number of carbonyl (C=O) groups is 1. The number of aryl methyl sites for hydroxylation is 1. The van der Waals surface area contributed by atoms with Crippen LogP contribution >= 0.6 is 0 Å². The molecule has 4 heteroatoms. The Hall–Kier alpha value is -3.92. The molecule has 0 N–H and O–H groups in total. The molecule has 146 valence electrons. The molecule has 0 aliphatic carbocycles. The maximum atomic E-state index is 12.5. The number of nitrogens with zero attached hydrogens (tertiary/aromatic N) is 1. The molecule has 4 aromatic carbocycles. The van der Waals surface area contributed by atoms with Crippen LogP contribution in [0.15, 0.2) is 88.2 Å². The SMILES string of the molecule is CC(=O)c1ccc(-c2ccc(-c3cc4c(=O)n(C)oc4c4ccccc34)cc2)cc1. The summed E-state index contributed by atoms with van der Waals surface area (Å²) in [5.41, 5.74) is 5.32. The Kier molecular flexibility index (Phi) is 4.14. The van der Waals surface area contributed by atoms with Crippen molar-refractivity contribution in [3.8, 4) is 22.3 Å². The second kappa shape index (κ2) is 6.85. The molecule has 0 aliphatic heterocycles. The minimum atomic E-state index is -0.140. The Morgan fingerprint density at radius 2 is 1.33 bits per heavy atom. The van der Waals surface area contributed by atoms with Crippen LogP contribution in [0.3, 0.4) is 0 Å². The molecule has 0 amide bonds. The first-order valence-corrected chi connectivity index (χ1v) is 9.76. The summed E-state index contributed by atoms with van der Waals surface area (Å²) in [6, 6.07) is 25.7. The van der Waals surface area contributed by atoms with Gasteiger partial charge in [0.1, 0.15) is 0 Å². The van der Waals surface area contributed by atoms with Crippen molar-refractivity contribution in [1.82, 2.24) is 4.74 Å². The summed E-state index contributed by atoms with van der Waals surface area (Å²) in [4.78, 5) is 24.0. The molecule has 0 bridgehead atoms. The van der Waals surface area contributed by atoms with E-state index in [4.69, 9.17) is 4.52 Å². The Bertz CT molecular complexity index is 1470. The van der Waals surface area contributed by atoms with Gasteiger partial charge in [0.2, 0.25) is 0 Å². The summed E-state index contributed by atoms with van der Waals surface area (Å²) in [5, 5.41) is 2.54. The van der Waals surface area contributed by atoms with Crippen LogP contribution < -0.4 is 5.56 Å². The van der Waals surface area contributed by atoms with Gasteiger partial charge in [-0.2, -0.15) is 4.74 Å². The Labute approximate surface area is 173 Å². The van der Waals surface area contributed by atoms with E-state index in [1.54, 1.807) is 14.0 Å². The second-order valence-electron chi connectivity index (χ2n) is 7.45. The van der Waals surface area contributed by atoms with Crippen LogP contribution in [-0.4, -0.2) is 10.5 Å². The van der Waals surface area contributed by atoms with Gasteiger partial charge in [-0.15, -0.1) is 0 Å². The van der Waals surface area contributed by atoms with Crippen LogP contribution in [0.4, 0.5) is 0 Å². The van der Waals surface area contributed by atoms with Gasteiger partial charge in [0.25, 0.3) is 5.56 Å². The highest BCUT2D eigenvalue weighted by atomic mass is 16.5. The number of Topliss-reactive ketones (excluding diaryl/α,β-unsaturated/α-hetero) is 1. The molecule has 1 heterocycles. The summed E-state index contributed by atoms with van der Waals surface area (Å²) in [6.45, 7) is 1.57. The van der Waals surface area contributed by atoms with E-state index in [1.165, 1.54) is 4.74 Å². The summed E-state index contributed by atoms with van der Waals surface area (Å²) < 4.78 is 6.96. The minimum absolute atomic E-state index is 0.0598. The van der Waals surface area contributed by atoms with Crippen molar-refractivity contribution in [2.75, 3.05) is 0 Å². The lowest BCUT2D eigenvalue weighted by molar-refractivity contribution is 0.101. The zero-order valence-corrected chi connectivity index (χ0v) is 16.7. The van der Waals surface area contributed by atoms with Crippen molar-refractivity contribution in [2.24, 2.45) is 7.05 Å². The third-order valence-electron chi connectivity index (χ3n) is 5.56. The maximum absolute atomic E-state index is 12.5. The van der Waals surface area contributed by atoms with Gasteiger partial charge in [0, 0.05) is 18.0 Å². The zero-order chi connectivity index (χ0) is 20.8. The molecule has 4 nitrogen and oxygen atoms in total. The second-order valence-corrected chi connectivity index (χ2v) is 7.45. The summed E-state index contributed by atoms with van der Waals surface area (Å²) in [7, 11) is 1.63. The van der Waals surface area contributed by atoms with E-state index in [-0.39, 0.29) is 11.3 Å². The number of fused-ring (bicyclic) bond motifs is 3. The smallest absolute Gasteiger partial charge is 0.290 e. The standard InChI is InChI=1S/C26H19NO3/c1-16(28)17-7-9-18(10-8-17)19-11-13-20(14-12-19)23-15-24-25(30-27(2)26(24)29)22-6-4-3-5-21(22)23/h3-15H,1-2H3. The lowest BCUT2D eigenvalue weighted by Crippen LogP contribution is -2.08. The fourth-order valence-electron chi connectivity index (χ4n) is 3.93. The van der Waals surface area contributed by atoms with Gasteiger partial charge < -0.3 is 4.52 Å². The van der Waals surface area contributed by atoms with Crippen LogP contribution in [0, 0.1) is 0 Å². The van der Waals surface area contributed by atoms with Gasteiger partial charge in [0.05, 0.1) is 5.39 Å². The molecule has 30 heavy (non-hydrogen) atoms. The molecule has 0 aliphatic rings. The quantitative estimate of drug-likeness (QED) is 0.363. The van der Waals surface area contributed by atoms with Crippen molar-refractivity contribution >= 4 is 27.5 Å². The van der Waals surface area contributed by atoms with E-state index >= 15 is 0 Å². The highest BCUT2D eigenvalue weighted by Gasteiger charge is 2.15. The molecular weight excluding hydrogens is 374 g/mol. The monoisotopic (exact) mass is 393 g/mol. The van der Waals surface area contributed by atoms with Crippen molar-refractivity contribution in [2.45, 2.75) is 6.92 Å². The summed E-state index contributed by atoms with van der Waals surface area (Å²) in [6.07, 6.45) is 0. The molecule has 0 unspecified atom stereocenters. The number of hydrogen-bond acceptors (Lipinski definition) is 3. The van der Waals surface area contributed by atoms with E-state index < -0.39 is 0 Å². The van der Waals surface area contributed by atoms with Crippen LogP contribution in [-0.2, 0) is 7.05 Å². The normalized spacial score (nSPS) is 11.3. The molecule has 0 fully saturated rings. The number of carbonyl (C=O) groups excluding carboxylic acids is 1. The molecule has 0 radical (unpaired) electrons. The van der Waals surface area contributed by atoms with Crippen molar-refractivity contribution in [1.29, 1.82) is 0 Å². The van der Waals surface area contributed by atoms with E-state index in [9.17, 15) is 9.59 Å². The molecular formula is C26H19NO3. The van der Waals surface area contributed by atoms with E-state index in [1.807, 2.05) is 54.6 Å². The first kappa shape index (κ1) is 18.1. The molecule has 5 aromatic rings. The molecule has 0 atom stereocenters. The van der Waals surface area contributed by atoms with Gasteiger partial charge in [-0.3, -0.25) is 9.59 Å². The summed E-state index contributed by atoms with van der Waals surface area (Å²) >= 11 is 0. The number of ketones is 1. The van der Waals surface area contributed by atoms with E-state index in [0.29, 0.717) is 16.5 Å². The molecule has 1 aromatic heterocycles. The molecule has 0 saturated heterocycles. The van der Waals surface area contributed by atoms with Crippen molar-refractivity contribution < 1.29 is 9.32 Å². The van der Waals surface area contributed by atoms with Gasteiger partial charge in [-0.1, -0.05) is 72.8 Å². The number of rotatable bonds is 3. The third-order valence-corrected chi connectivity index (χ3v) is 5.56. The highest BCUT2D eigenvalue weighted by Crippen LogP contribution is 2.35. The summed E-state index contributed by atoms with van der Waals surface area (Å²) in [5.74, 6) is 0.0598. The predicted octanol–water partition coefficient (Wildman–Crippen LogP) is 5.82. The van der Waals surface area contributed by atoms with Gasteiger partial charge in [0.15, 0.2) is 11.4 Å². The lowest BCUT2D eigenvalue weighted by Gasteiger charge is -2.09. The maximum Gasteiger partial charge on any atom is 0.290 e. The fraction of sp³-hybridized carbons (Fsp3) is 0.0769. The Morgan fingerprint density at radius 1 is 0.767 bits per heavy atom. The molecule has 5 rings (SSSR count). The topological polar surface area (TPSA) is 52.2 Å².